The second-order valence-electron chi connectivity index (χ2n) is 8.30. The minimum absolute atomic E-state index is 0.422. The summed E-state index contributed by atoms with van der Waals surface area (Å²) in [5.74, 6) is -20.4. The first-order valence-electron chi connectivity index (χ1n) is 11.3. The minimum Gasteiger partial charge on any atom is -0.203 e. The number of hydrogen-bond donors (Lipinski definition) is 0. The van der Waals surface area contributed by atoms with E-state index in [1.54, 1.807) is 60.7 Å². The molecule has 0 N–H and O–H groups in total. The Labute approximate surface area is 220 Å². The molecule has 0 bridgehead atoms. The molecule has 0 unspecified atom stereocenters. The molecule has 40 heavy (non-hydrogen) atoms. The molecule has 0 amide bonds. The van der Waals surface area contributed by atoms with Crippen molar-refractivity contribution in [3.05, 3.63) is 140 Å². The van der Waals surface area contributed by atoms with Gasteiger partial charge in [-0.1, -0.05) is 72.8 Å². The topological polar surface area (TPSA) is 0 Å². The molecule has 0 spiro atoms. The Morgan fingerprint density at radius 1 is 0.250 bits per heavy atom. The summed E-state index contributed by atoms with van der Waals surface area (Å²) in [5, 5.41) is 0. The Balaban J connectivity index is 1.44. The van der Waals surface area contributed by atoms with Crippen molar-refractivity contribution in [2.24, 2.45) is 0 Å². The van der Waals surface area contributed by atoms with Gasteiger partial charge in [-0.15, -0.1) is 0 Å². The van der Waals surface area contributed by atoms with Gasteiger partial charge < -0.3 is 0 Å². The molecule has 0 aliphatic carbocycles. The van der Waals surface area contributed by atoms with E-state index < -0.39 is 69.3 Å². The maximum Gasteiger partial charge on any atom is 0.200 e. The fraction of sp³-hybridized carbons (Fsp3) is 0. The third-order valence-electron chi connectivity index (χ3n) is 5.71. The molecule has 10 heteroatoms. The van der Waals surface area contributed by atoms with E-state index in [1.807, 2.05) is 0 Å². The molecule has 0 nitrogen and oxygen atoms in total. The van der Waals surface area contributed by atoms with Crippen molar-refractivity contribution in [1.29, 1.82) is 0 Å². The van der Waals surface area contributed by atoms with Crippen LogP contribution in [0.4, 0.5) is 43.9 Å². The van der Waals surface area contributed by atoms with E-state index >= 15 is 0 Å². The summed E-state index contributed by atoms with van der Waals surface area (Å²) < 4.78 is 135. The lowest BCUT2D eigenvalue weighted by molar-refractivity contribution is 0.377. The molecule has 4 aromatic rings. The van der Waals surface area contributed by atoms with Gasteiger partial charge in [0.1, 0.15) is 0 Å². The highest BCUT2D eigenvalue weighted by atomic mass is 19.2. The molecule has 4 aromatic carbocycles. The highest BCUT2D eigenvalue weighted by molar-refractivity contribution is 5.75. The smallest absolute Gasteiger partial charge is 0.200 e. The molecule has 4 rings (SSSR count). The van der Waals surface area contributed by atoms with E-state index in [4.69, 9.17) is 0 Å². The second-order valence-corrected chi connectivity index (χ2v) is 8.30. The maximum atomic E-state index is 13.8. The highest BCUT2D eigenvalue weighted by Crippen LogP contribution is 2.26. The first-order chi connectivity index (χ1) is 19.0. The number of rotatable bonds is 6. The van der Waals surface area contributed by atoms with Crippen LogP contribution in [-0.4, -0.2) is 0 Å². The summed E-state index contributed by atoms with van der Waals surface area (Å²) in [4.78, 5) is 0. The Bertz CT molecular complexity index is 1480. The summed E-state index contributed by atoms with van der Waals surface area (Å²) in [6.07, 6.45) is 7.34. The Hall–Kier alpha value is -4.60. The molecular formula is C30H14F10. The van der Waals surface area contributed by atoms with Crippen LogP contribution in [0.15, 0.2) is 48.5 Å². The van der Waals surface area contributed by atoms with E-state index in [0.717, 1.165) is 12.2 Å². The van der Waals surface area contributed by atoms with Gasteiger partial charge in [0.2, 0.25) is 11.6 Å². The van der Waals surface area contributed by atoms with Crippen LogP contribution in [0.2, 0.25) is 0 Å². The first kappa shape index (κ1) is 28.4. The second kappa shape index (κ2) is 11.6. The van der Waals surface area contributed by atoms with E-state index in [2.05, 4.69) is 0 Å². The lowest BCUT2D eigenvalue weighted by Crippen LogP contribution is -2.03. The van der Waals surface area contributed by atoms with E-state index in [9.17, 15) is 43.9 Å². The maximum absolute atomic E-state index is 13.8. The zero-order valence-electron chi connectivity index (χ0n) is 19.9. The number of hydrogen-bond acceptors (Lipinski definition) is 0. The molecule has 0 aliphatic rings. The molecule has 0 saturated heterocycles. The molecule has 0 radical (unpaired) electrons. The van der Waals surface area contributed by atoms with Crippen LogP contribution in [0.3, 0.4) is 0 Å². The lowest BCUT2D eigenvalue weighted by atomic mass is 10.1. The number of benzene rings is 4. The Morgan fingerprint density at radius 3 is 0.650 bits per heavy atom. The molecule has 0 saturated carbocycles. The summed E-state index contributed by atoms with van der Waals surface area (Å²) in [5.41, 5.74) is 0.112. The van der Waals surface area contributed by atoms with Crippen LogP contribution >= 0.6 is 0 Å². The van der Waals surface area contributed by atoms with Gasteiger partial charge in [-0.3, -0.25) is 0 Å². The fourth-order valence-electron chi connectivity index (χ4n) is 3.52. The normalized spacial score (nSPS) is 11.9. The van der Waals surface area contributed by atoms with Crippen molar-refractivity contribution in [3.8, 4) is 0 Å². The van der Waals surface area contributed by atoms with E-state index in [0.29, 0.717) is 22.3 Å². The zero-order valence-corrected chi connectivity index (χ0v) is 19.9. The van der Waals surface area contributed by atoms with Gasteiger partial charge in [0.15, 0.2) is 46.5 Å². The predicted molar refractivity (Wildman–Crippen MR) is 132 cm³/mol. The van der Waals surface area contributed by atoms with Gasteiger partial charge in [-0.05, 0) is 34.4 Å². The third kappa shape index (κ3) is 5.70. The predicted octanol–water partition coefficient (Wildman–Crippen LogP) is 9.59. The van der Waals surface area contributed by atoms with Gasteiger partial charge in [-0.25, -0.2) is 43.9 Å². The Kier molecular flexibility index (Phi) is 8.27. The molecule has 0 atom stereocenters. The van der Waals surface area contributed by atoms with Crippen LogP contribution < -0.4 is 0 Å². The average molecular weight is 564 g/mol. The molecule has 0 fully saturated rings. The summed E-state index contributed by atoms with van der Waals surface area (Å²) >= 11 is 0. The summed E-state index contributed by atoms with van der Waals surface area (Å²) in [7, 11) is 0. The van der Waals surface area contributed by atoms with Crippen molar-refractivity contribution < 1.29 is 43.9 Å². The van der Waals surface area contributed by atoms with Crippen molar-refractivity contribution in [2.45, 2.75) is 0 Å². The fourth-order valence-corrected chi connectivity index (χ4v) is 3.52. The monoisotopic (exact) mass is 564 g/mol. The third-order valence-corrected chi connectivity index (χ3v) is 5.71. The van der Waals surface area contributed by atoms with Crippen LogP contribution in [0.1, 0.15) is 33.4 Å². The minimum atomic E-state index is -2.24. The lowest BCUT2D eigenvalue weighted by Gasteiger charge is -2.04. The van der Waals surface area contributed by atoms with Crippen molar-refractivity contribution in [1.82, 2.24) is 0 Å². The van der Waals surface area contributed by atoms with E-state index in [-0.39, 0.29) is 0 Å². The van der Waals surface area contributed by atoms with Gasteiger partial charge in [0.05, 0.1) is 11.1 Å². The van der Waals surface area contributed by atoms with Crippen LogP contribution in [0.5, 0.6) is 0 Å². The van der Waals surface area contributed by atoms with Gasteiger partial charge in [-0.2, -0.15) is 0 Å². The molecule has 0 aliphatic heterocycles. The SMILES string of the molecule is Fc1c(F)c(F)c(C=Cc2ccc(C=Cc3ccc(C=Cc4c(F)c(F)c(F)c(F)c4F)cc3)cc2)c(F)c1F. The molecular weight excluding hydrogens is 550 g/mol. The largest absolute Gasteiger partial charge is 0.203 e. The summed E-state index contributed by atoms with van der Waals surface area (Å²) in [6.45, 7) is 0. The first-order valence-corrected chi connectivity index (χ1v) is 11.3. The van der Waals surface area contributed by atoms with Crippen LogP contribution in [0.25, 0.3) is 36.5 Å². The van der Waals surface area contributed by atoms with Gasteiger partial charge in [0, 0.05) is 0 Å². The standard InChI is InChI=1S/C30H14F10/c31-21-19(22(32)26(36)29(39)25(21)35)13-11-17-7-3-15(4-8-17)1-2-16-5-9-18(10-6-16)12-14-20-23(33)27(37)30(40)28(38)24(20)34/h1-14H. The quantitative estimate of drug-likeness (QED) is 0.0947. The molecule has 204 valence electrons. The Morgan fingerprint density at radius 2 is 0.425 bits per heavy atom. The average Bonchev–Trinajstić information content (AvgIpc) is 2.97. The van der Waals surface area contributed by atoms with Gasteiger partial charge in [0.25, 0.3) is 0 Å². The number of halogens is 10. The van der Waals surface area contributed by atoms with Gasteiger partial charge >= 0.3 is 0 Å². The van der Waals surface area contributed by atoms with E-state index in [1.165, 1.54) is 12.2 Å². The van der Waals surface area contributed by atoms with Crippen molar-refractivity contribution in [3.63, 3.8) is 0 Å². The van der Waals surface area contributed by atoms with Crippen LogP contribution in [-0.2, 0) is 0 Å². The summed E-state index contributed by atoms with van der Waals surface area (Å²) in [6, 6.07) is 12.7. The van der Waals surface area contributed by atoms with Crippen LogP contribution in [0, 0.1) is 58.2 Å². The molecule has 0 heterocycles. The molecule has 0 aromatic heterocycles. The van der Waals surface area contributed by atoms with Crippen molar-refractivity contribution >= 4 is 36.5 Å². The zero-order chi connectivity index (χ0) is 29.1. The highest BCUT2D eigenvalue weighted by Gasteiger charge is 2.25. The van der Waals surface area contributed by atoms with Crippen molar-refractivity contribution in [2.75, 3.05) is 0 Å².